The Labute approximate surface area is 232 Å². The molecule has 1 aliphatic heterocycles. The van der Waals surface area contributed by atoms with Crippen LogP contribution in [0.1, 0.15) is 52.5 Å². The molecule has 0 radical (unpaired) electrons. The summed E-state index contributed by atoms with van der Waals surface area (Å²) in [4.78, 5) is 28.3. The molecular weight excluding hydrogens is 518 g/mol. The number of carbonyl (C=O) groups excluding carboxylic acids is 2. The maximum Gasteiger partial charge on any atom is 0.243 e. The Morgan fingerprint density at radius 2 is 1.67 bits per heavy atom. The van der Waals surface area contributed by atoms with E-state index in [1.165, 1.54) is 4.31 Å². The highest BCUT2D eigenvalue weighted by Crippen LogP contribution is 2.34. The summed E-state index contributed by atoms with van der Waals surface area (Å²) in [5.74, 6) is 0.686. The van der Waals surface area contributed by atoms with Gasteiger partial charge in [0.05, 0.1) is 11.9 Å². The number of hydrogen-bond donors (Lipinski definition) is 1. The number of fused-ring (bicyclic) bond motifs is 1. The van der Waals surface area contributed by atoms with Crippen molar-refractivity contribution in [3.8, 4) is 11.5 Å². The SMILES string of the molecule is CC[C@H](C(=O)NC(C)(C)C)N(CCc1ccccc1)C(=O)CCCN(c1ccc2c(c1)OCCO2)S(C)(=O)=O. The number of nitrogens with zero attached hydrogens (tertiary/aromatic N) is 2. The van der Waals surface area contributed by atoms with Crippen LogP contribution in [0.3, 0.4) is 0 Å². The second-order valence-corrected chi connectivity index (χ2v) is 12.7. The Bertz CT molecular complexity index is 1230. The molecule has 0 saturated carbocycles. The first-order valence-corrected chi connectivity index (χ1v) is 15.3. The predicted octanol–water partition coefficient (Wildman–Crippen LogP) is 3.77. The van der Waals surface area contributed by atoms with E-state index in [1.54, 1.807) is 23.1 Å². The molecule has 2 amide bonds. The monoisotopic (exact) mass is 559 g/mol. The van der Waals surface area contributed by atoms with Crippen LogP contribution in [0.2, 0.25) is 0 Å². The second-order valence-electron chi connectivity index (χ2n) is 10.8. The van der Waals surface area contributed by atoms with Gasteiger partial charge >= 0.3 is 0 Å². The molecule has 1 atom stereocenters. The molecule has 9 nitrogen and oxygen atoms in total. The van der Waals surface area contributed by atoms with Crippen molar-refractivity contribution < 1.29 is 27.5 Å². The minimum absolute atomic E-state index is 0.102. The highest BCUT2D eigenvalue weighted by atomic mass is 32.2. The van der Waals surface area contributed by atoms with Gasteiger partial charge in [-0.2, -0.15) is 0 Å². The average Bonchev–Trinajstić information content (AvgIpc) is 2.87. The van der Waals surface area contributed by atoms with Crippen LogP contribution >= 0.6 is 0 Å². The molecule has 2 aromatic rings. The maximum atomic E-state index is 13.5. The van der Waals surface area contributed by atoms with Crippen LogP contribution < -0.4 is 19.1 Å². The number of amides is 2. The van der Waals surface area contributed by atoms with E-state index in [1.807, 2.05) is 58.0 Å². The van der Waals surface area contributed by atoms with Gasteiger partial charge in [0, 0.05) is 31.1 Å². The predicted molar refractivity (Wildman–Crippen MR) is 153 cm³/mol. The molecular formula is C29H41N3O6S. The summed E-state index contributed by atoms with van der Waals surface area (Å²) >= 11 is 0. The fraction of sp³-hybridized carbons (Fsp3) is 0.517. The van der Waals surface area contributed by atoms with Gasteiger partial charge in [-0.05, 0) is 57.7 Å². The molecule has 0 spiro atoms. The van der Waals surface area contributed by atoms with Crippen LogP contribution in [0.15, 0.2) is 48.5 Å². The number of hydrogen-bond acceptors (Lipinski definition) is 6. The lowest BCUT2D eigenvalue weighted by atomic mass is 10.0. The van der Waals surface area contributed by atoms with Crippen LogP contribution in [-0.2, 0) is 26.0 Å². The van der Waals surface area contributed by atoms with Gasteiger partial charge in [0.15, 0.2) is 11.5 Å². The third kappa shape index (κ3) is 8.88. The molecule has 0 aromatic heterocycles. The van der Waals surface area contributed by atoms with Crippen LogP contribution in [0.4, 0.5) is 5.69 Å². The van der Waals surface area contributed by atoms with Crippen LogP contribution in [0, 0.1) is 0 Å². The van der Waals surface area contributed by atoms with Crippen LogP contribution in [0.5, 0.6) is 11.5 Å². The number of rotatable bonds is 12. The second kappa shape index (κ2) is 13.2. The summed E-state index contributed by atoms with van der Waals surface area (Å²) in [5.41, 5.74) is 1.09. The average molecular weight is 560 g/mol. The van der Waals surface area contributed by atoms with Crippen molar-refractivity contribution in [1.29, 1.82) is 0 Å². The van der Waals surface area contributed by atoms with E-state index >= 15 is 0 Å². The van der Waals surface area contributed by atoms with E-state index in [0.29, 0.717) is 56.2 Å². The molecule has 1 aliphatic rings. The van der Waals surface area contributed by atoms with Crippen molar-refractivity contribution in [2.45, 2.75) is 65.0 Å². The molecule has 1 heterocycles. The van der Waals surface area contributed by atoms with Gasteiger partial charge in [-0.25, -0.2) is 8.42 Å². The summed E-state index contributed by atoms with van der Waals surface area (Å²) in [6.07, 6.45) is 2.61. The molecule has 214 valence electrons. The first kappa shape index (κ1) is 30.3. The summed E-state index contributed by atoms with van der Waals surface area (Å²) < 4.78 is 37.7. The van der Waals surface area contributed by atoms with Crippen molar-refractivity contribution in [1.82, 2.24) is 10.2 Å². The minimum Gasteiger partial charge on any atom is -0.486 e. The third-order valence-electron chi connectivity index (χ3n) is 6.33. The number of sulfonamides is 1. The molecule has 10 heteroatoms. The number of anilines is 1. The van der Waals surface area contributed by atoms with E-state index in [0.717, 1.165) is 11.8 Å². The minimum atomic E-state index is -3.62. The van der Waals surface area contributed by atoms with Crippen molar-refractivity contribution >= 4 is 27.5 Å². The number of nitrogens with one attached hydrogen (secondary N) is 1. The fourth-order valence-corrected chi connectivity index (χ4v) is 5.50. The zero-order chi connectivity index (χ0) is 28.6. The Morgan fingerprint density at radius 1 is 1.00 bits per heavy atom. The van der Waals surface area contributed by atoms with E-state index in [4.69, 9.17) is 9.47 Å². The van der Waals surface area contributed by atoms with Gasteiger partial charge in [0.2, 0.25) is 21.8 Å². The molecule has 0 unspecified atom stereocenters. The van der Waals surface area contributed by atoms with Crippen molar-refractivity contribution in [2.75, 3.05) is 36.9 Å². The lowest BCUT2D eigenvalue weighted by molar-refractivity contribution is -0.141. The van der Waals surface area contributed by atoms with Gasteiger partial charge in [0.25, 0.3) is 0 Å². The van der Waals surface area contributed by atoms with Crippen molar-refractivity contribution in [3.05, 3.63) is 54.1 Å². The molecule has 0 aliphatic carbocycles. The van der Waals surface area contributed by atoms with E-state index in [2.05, 4.69) is 5.32 Å². The van der Waals surface area contributed by atoms with E-state index < -0.39 is 21.6 Å². The third-order valence-corrected chi connectivity index (χ3v) is 7.53. The van der Waals surface area contributed by atoms with Gasteiger partial charge in [-0.1, -0.05) is 37.3 Å². The highest BCUT2D eigenvalue weighted by Gasteiger charge is 2.30. The first-order chi connectivity index (χ1) is 18.4. The topological polar surface area (TPSA) is 105 Å². The maximum absolute atomic E-state index is 13.5. The van der Waals surface area contributed by atoms with Crippen molar-refractivity contribution in [2.24, 2.45) is 0 Å². The quantitative estimate of drug-likeness (QED) is 0.425. The zero-order valence-electron chi connectivity index (χ0n) is 23.6. The summed E-state index contributed by atoms with van der Waals surface area (Å²) in [7, 11) is -3.62. The number of benzene rings is 2. The lowest BCUT2D eigenvalue weighted by Gasteiger charge is -2.33. The number of carbonyl (C=O) groups is 2. The Kier molecular flexibility index (Phi) is 10.2. The number of ether oxygens (including phenoxy) is 2. The standard InChI is InChI=1S/C29H41N3O6S/c1-6-24(28(34)30-29(2,3)4)31(18-16-22-11-8-7-9-12-22)27(33)13-10-17-32(39(5,35)36)23-14-15-25-26(21-23)38-20-19-37-25/h7-9,11-12,14-15,21,24H,6,10,13,16-20H2,1-5H3,(H,30,34)/t24-/m1/s1. The fourth-order valence-electron chi connectivity index (χ4n) is 4.54. The van der Waals surface area contributed by atoms with Crippen LogP contribution in [-0.4, -0.2) is 69.3 Å². The Balaban J connectivity index is 1.74. The Hall–Kier alpha value is -3.27. The summed E-state index contributed by atoms with van der Waals surface area (Å²) in [6, 6.07) is 14.2. The van der Waals surface area contributed by atoms with Gasteiger partial charge in [0.1, 0.15) is 19.3 Å². The smallest absolute Gasteiger partial charge is 0.243 e. The molecule has 0 saturated heterocycles. The molecule has 0 fully saturated rings. The zero-order valence-corrected chi connectivity index (χ0v) is 24.4. The summed E-state index contributed by atoms with van der Waals surface area (Å²) in [6.45, 7) is 8.95. The molecule has 2 aromatic carbocycles. The molecule has 39 heavy (non-hydrogen) atoms. The molecule has 3 rings (SSSR count). The summed E-state index contributed by atoms with van der Waals surface area (Å²) in [5, 5.41) is 3.00. The highest BCUT2D eigenvalue weighted by molar-refractivity contribution is 7.92. The largest absolute Gasteiger partial charge is 0.486 e. The van der Waals surface area contributed by atoms with E-state index in [9.17, 15) is 18.0 Å². The Morgan fingerprint density at radius 3 is 2.28 bits per heavy atom. The van der Waals surface area contributed by atoms with E-state index in [-0.39, 0.29) is 24.8 Å². The van der Waals surface area contributed by atoms with Crippen LogP contribution in [0.25, 0.3) is 0 Å². The van der Waals surface area contributed by atoms with Crippen molar-refractivity contribution in [3.63, 3.8) is 0 Å². The van der Waals surface area contributed by atoms with Gasteiger partial charge in [-0.3, -0.25) is 13.9 Å². The normalized spacial score (nSPS) is 13.9. The van der Waals surface area contributed by atoms with Gasteiger partial charge in [-0.15, -0.1) is 0 Å². The lowest BCUT2D eigenvalue weighted by Crippen LogP contribution is -2.54. The molecule has 0 bridgehead atoms. The molecule has 1 N–H and O–H groups in total. The van der Waals surface area contributed by atoms with Gasteiger partial charge < -0.3 is 19.7 Å². The first-order valence-electron chi connectivity index (χ1n) is 13.4.